The molecule has 0 radical (unpaired) electrons. The lowest BCUT2D eigenvalue weighted by Crippen LogP contribution is -2.35. The van der Waals surface area contributed by atoms with E-state index in [9.17, 15) is 0 Å². The quantitative estimate of drug-likeness (QED) is 0.793. The Morgan fingerprint density at radius 2 is 2.33 bits per heavy atom. The Hall–Kier alpha value is -1.07. The van der Waals surface area contributed by atoms with Crippen molar-refractivity contribution in [3.63, 3.8) is 0 Å². The first-order valence-electron chi connectivity index (χ1n) is 5.27. The lowest BCUT2D eigenvalue weighted by molar-refractivity contribution is 0.0847. The third-order valence-corrected chi connectivity index (χ3v) is 2.67. The second-order valence-electron chi connectivity index (χ2n) is 3.93. The largest absolute Gasteiger partial charge is 0.447 e. The normalized spacial score (nSPS) is 19.3. The molecule has 1 aromatic heterocycles. The van der Waals surface area contributed by atoms with E-state index in [1.165, 1.54) is 0 Å². The van der Waals surface area contributed by atoms with Crippen molar-refractivity contribution in [1.29, 1.82) is 0 Å². The summed E-state index contributed by atoms with van der Waals surface area (Å²) in [5.74, 6) is 0. The molecular formula is C10H17N3O2. The number of nitrogens with zero attached hydrogens (tertiary/aromatic N) is 2. The molecule has 5 heteroatoms. The highest BCUT2D eigenvalue weighted by molar-refractivity contribution is 4.99. The smallest absolute Gasteiger partial charge is 0.394 e. The van der Waals surface area contributed by atoms with Crippen LogP contribution in [-0.4, -0.2) is 36.1 Å². The van der Waals surface area contributed by atoms with E-state index in [0.29, 0.717) is 12.6 Å². The summed E-state index contributed by atoms with van der Waals surface area (Å²) in [4.78, 5) is 6.41. The molecule has 0 atom stereocenters. The molecule has 1 aromatic rings. The Kier molecular flexibility index (Phi) is 3.23. The molecule has 0 saturated carbocycles. The van der Waals surface area contributed by atoms with Crippen LogP contribution >= 0.6 is 0 Å². The van der Waals surface area contributed by atoms with Crippen molar-refractivity contribution in [3.8, 4) is 6.08 Å². The maximum Gasteiger partial charge on any atom is 0.394 e. The first kappa shape index (κ1) is 10.4. The Labute approximate surface area is 89.2 Å². The summed E-state index contributed by atoms with van der Waals surface area (Å²) in [5, 5.41) is 0. The van der Waals surface area contributed by atoms with Gasteiger partial charge in [-0.1, -0.05) is 0 Å². The Bertz CT molecular complexity index is 305. The van der Waals surface area contributed by atoms with E-state index in [2.05, 4.69) is 16.9 Å². The Balaban J connectivity index is 1.86. The average molecular weight is 211 g/mol. The first-order valence-corrected chi connectivity index (χ1v) is 5.27. The molecule has 1 aliphatic rings. The number of ether oxygens (including phenoxy) is 1. The summed E-state index contributed by atoms with van der Waals surface area (Å²) in [6, 6.07) is 0. The summed E-state index contributed by atoms with van der Waals surface area (Å²) in [6.07, 6.45) is 4.17. The highest BCUT2D eigenvalue weighted by atomic mass is 16.6. The van der Waals surface area contributed by atoms with Crippen molar-refractivity contribution in [1.82, 2.24) is 9.88 Å². The van der Waals surface area contributed by atoms with Crippen molar-refractivity contribution in [3.05, 3.63) is 12.0 Å². The van der Waals surface area contributed by atoms with Crippen molar-refractivity contribution in [2.75, 3.05) is 20.1 Å². The summed E-state index contributed by atoms with van der Waals surface area (Å²) in [5.41, 5.74) is 6.16. The molecule has 2 heterocycles. The standard InChI is InChI=1S/C10H17N3O2/c1-13-4-2-9(3-5-13)15-10-12-8(6-11)7-14-10/h7,9H,2-6,11H2,1H3. The summed E-state index contributed by atoms with van der Waals surface area (Å²) in [6.45, 7) is 2.52. The van der Waals surface area contributed by atoms with Crippen molar-refractivity contribution >= 4 is 0 Å². The minimum Gasteiger partial charge on any atom is -0.447 e. The molecule has 1 aliphatic heterocycles. The maximum atomic E-state index is 5.63. The van der Waals surface area contributed by atoms with Crippen molar-refractivity contribution in [2.45, 2.75) is 25.5 Å². The van der Waals surface area contributed by atoms with Crippen LogP contribution in [0.15, 0.2) is 10.7 Å². The van der Waals surface area contributed by atoms with E-state index >= 15 is 0 Å². The summed E-state index contributed by atoms with van der Waals surface area (Å²) >= 11 is 0. The fraction of sp³-hybridized carbons (Fsp3) is 0.700. The van der Waals surface area contributed by atoms with Gasteiger partial charge in [-0.05, 0) is 19.9 Å². The zero-order chi connectivity index (χ0) is 10.7. The van der Waals surface area contributed by atoms with E-state index < -0.39 is 0 Å². The topological polar surface area (TPSA) is 64.5 Å². The van der Waals surface area contributed by atoms with Gasteiger partial charge in [0, 0.05) is 19.6 Å². The second kappa shape index (κ2) is 4.63. The van der Waals surface area contributed by atoms with Crippen LogP contribution in [0.4, 0.5) is 0 Å². The number of hydrogen-bond acceptors (Lipinski definition) is 5. The molecule has 84 valence electrons. The first-order chi connectivity index (χ1) is 7.28. The van der Waals surface area contributed by atoms with Crippen LogP contribution < -0.4 is 10.5 Å². The molecule has 0 amide bonds. The van der Waals surface area contributed by atoms with Gasteiger partial charge in [0.2, 0.25) is 0 Å². The van der Waals surface area contributed by atoms with Crippen LogP contribution in [0.25, 0.3) is 0 Å². The molecule has 0 aromatic carbocycles. The molecule has 5 nitrogen and oxygen atoms in total. The van der Waals surface area contributed by atoms with Gasteiger partial charge in [-0.3, -0.25) is 0 Å². The van der Waals surface area contributed by atoms with Gasteiger partial charge in [0.25, 0.3) is 0 Å². The second-order valence-corrected chi connectivity index (χ2v) is 3.93. The van der Waals surface area contributed by atoms with Gasteiger partial charge >= 0.3 is 6.08 Å². The molecule has 1 fully saturated rings. The molecule has 2 rings (SSSR count). The van der Waals surface area contributed by atoms with Gasteiger partial charge in [-0.2, -0.15) is 4.98 Å². The Morgan fingerprint density at radius 1 is 1.60 bits per heavy atom. The third kappa shape index (κ3) is 2.70. The molecule has 1 saturated heterocycles. The number of likely N-dealkylation sites (tertiary alicyclic amines) is 1. The maximum absolute atomic E-state index is 5.63. The highest BCUT2D eigenvalue weighted by Gasteiger charge is 2.19. The predicted molar refractivity (Wildman–Crippen MR) is 55.5 cm³/mol. The van der Waals surface area contributed by atoms with Crippen LogP contribution in [0.2, 0.25) is 0 Å². The van der Waals surface area contributed by atoms with Crippen LogP contribution in [0, 0.1) is 0 Å². The lowest BCUT2D eigenvalue weighted by atomic mass is 10.1. The highest BCUT2D eigenvalue weighted by Crippen LogP contribution is 2.17. The van der Waals surface area contributed by atoms with Crippen LogP contribution in [0.3, 0.4) is 0 Å². The van der Waals surface area contributed by atoms with Crippen LogP contribution in [0.5, 0.6) is 6.08 Å². The van der Waals surface area contributed by atoms with Gasteiger partial charge in [-0.15, -0.1) is 0 Å². The van der Waals surface area contributed by atoms with E-state index in [4.69, 9.17) is 14.9 Å². The third-order valence-electron chi connectivity index (χ3n) is 2.67. The Morgan fingerprint density at radius 3 is 2.93 bits per heavy atom. The number of rotatable bonds is 3. The summed E-state index contributed by atoms with van der Waals surface area (Å²) < 4.78 is 10.8. The van der Waals surface area contributed by atoms with Crippen molar-refractivity contribution in [2.24, 2.45) is 5.73 Å². The van der Waals surface area contributed by atoms with Gasteiger partial charge in [0.1, 0.15) is 12.4 Å². The van der Waals surface area contributed by atoms with Gasteiger partial charge < -0.3 is 19.8 Å². The molecule has 0 bridgehead atoms. The molecule has 0 unspecified atom stereocenters. The lowest BCUT2D eigenvalue weighted by Gasteiger charge is -2.27. The molecule has 0 spiro atoms. The van der Waals surface area contributed by atoms with Gasteiger partial charge in [-0.25, -0.2) is 0 Å². The van der Waals surface area contributed by atoms with E-state index in [-0.39, 0.29) is 6.10 Å². The van der Waals surface area contributed by atoms with Gasteiger partial charge in [0.15, 0.2) is 0 Å². The fourth-order valence-corrected chi connectivity index (χ4v) is 1.68. The van der Waals surface area contributed by atoms with Crippen LogP contribution in [0.1, 0.15) is 18.5 Å². The van der Waals surface area contributed by atoms with Crippen LogP contribution in [-0.2, 0) is 6.54 Å². The number of oxazole rings is 1. The van der Waals surface area contributed by atoms with E-state index in [0.717, 1.165) is 31.6 Å². The number of piperidine rings is 1. The SMILES string of the molecule is CN1CCC(Oc2nc(CN)co2)CC1. The molecule has 2 N–H and O–H groups in total. The number of hydrogen-bond donors (Lipinski definition) is 1. The molecule has 15 heavy (non-hydrogen) atoms. The number of nitrogens with two attached hydrogens (primary N) is 1. The monoisotopic (exact) mass is 211 g/mol. The molecular weight excluding hydrogens is 194 g/mol. The average Bonchev–Trinajstić information content (AvgIpc) is 2.69. The zero-order valence-corrected chi connectivity index (χ0v) is 8.98. The predicted octanol–water partition coefficient (Wildman–Crippen LogP) is 0.606. The zero-order valence-electron chi connectivity index (χ0n) is 8.98. The summed E-state index contributed by atoms with van der Waals surface area (Å²) in [7, 11) is 2.12. The van der Waals surface area contributed by atoms with Gasteiger partial charge in [0.05, 0.1) is 5.69 Å². The van der Waals surface area contributed by atoms with E-state index in [1.807, 2.05) is 0 Å². The van der Waals surface area contributed by atoms with E-state index in [1.54, 1.807) is 6.26 Å². The number of aromatic nitrogens is 1. The minimum atomic E-state index is 0.227. The molecule has 0 aliphatic carbocycles. The fourth-order valence-electron chi connectivity index (χ4n) is 1.68. The minimum absolute atomic E-state index is 0.227. The van der Waals surface area contributed by atoms with Crippen molar-refractivity contribution < 1.29 is 9.15 Å².